The molecular weight excluding hydrogens is 204 g/mol. The van der Waals surface area contributed by atoms with E-state index in [4.69, 9.17) is 0 Å². The molecule has 0 amide bonds. The van der Waals surface area contributed by atoms with Crippen LogP contribution in [0.4, 0.5) is 0 Å². The minimum atomic E-state index is 0.756. The van der Waals surface area contributed by atoms with Gasteiger partial charge in [0.25, 0.3) is 0 Å². The monoisotopic (exact) mass is 228 g/mol. The van der Waals surface area contributed by atoms with Crippen LogP contribution in [0, 0.1) is 58.2 Å². The number of rotatable bonds is 0. The maximum atomic E-state index is 2.66. The van der Waals surface area contributed by atoms with Crippen molar-refractivity contribution in [3.63, 3.8) is 0 Å². The quantitative estimate of drug-likeness (QED) is 0.588. The van der Waals surface area contributed by atoms with Gasteiger partial charge in [0.05, 0.1) is 0 Å². The molecule has 0 heterocycles. The summed E-state index contributed by atoms with van der Waals surface area (Å²) in [7, 11) is 0. The normalized spacial score (nSPS) is 80.8. The zero-order valence-electron chi connectivity index (χ0n) is 11.2. The van der Waals surface area contributed by atoms with Gasteiger partial charge >= 0.3 is 0 Å². The van der Waals surface area contributed by atoms with E-state index in [1.54, 1.807) is 32.1 Å². The average Bonchev–Trinajstić information content (AvgIpc) is 2.98. The van der Waals surface area contributed by atoms with Crippen LogP contribution in [0.15, 0.2) is 0 Å². The molecule has 0 aromatic carbocycles. The van der Waals surface area contributed by atoms with Crippen LogP contribution in [-0.4, -0.2) is 0 Å². The molecule has 7 fully saturated rings. The second-order valence-corrected chi connectivity index (χ2v) is 9.09. The molecule has 17 heavy (non-hydrogen) atoms. The molecule has 7 saturated carbocycles. The Bertz CT molecular complexity index is 439. The van der Waals surface area contributed by atoms with Crippen molar-refractivity contribution < 1.29 is 0 Å². The molecule has 7 bridgehead atoms. The lowest BCUT2D eigenvalue weighted by Crippen LogP contribution is -2.50. The van der Waals surface area contributed by atoms with Gasteiger partial charge in [-0.25, -0.2) is 0 Å². The van der Waals surface area contributed by atoms with Crippen LogP contribution in [0.5, 0.6) is 0 Å². The van der Waals surface area contributed by atoms with Crippen LogP contribution in [0.1, 0.15) is 46.0 Å². The van der Waals surface area contributed by atoms with Gasteiger partial charge in [-0.1, -0.05) is 13.8 Å². The molecule has 0 aromatic rings. The maximum absolute atomic E-state index is 2.66. The molecule has 92 valence electrons. The van der Waals surface area contributed by atoms with Gasteiger partial charge in [0.2, 0.25) is 0 Å². The largest absolute Gasteiger partial charge is 0.0617 e. The zero-order chi connectivity index (χ0) is 11.2. The smallest absolute Gasteiger partial charge is 0.0173 e. The van der Waals surface area contributed by atoms with Crippen molar-refractivity contribution in [3.8, 4) is 0 Å². The van der Waals surface area contributed by atoms with E-state index in [1.165, 1.54) is 41.4 Å². The second kappa shape index (κ2) is 2.14. The van der Waals surface area contributed by atoms with Gasteiger partial charge in [0, 0.05) is 0 Å². The summed E-state index contributed by atoms with van der Waals surface area (Å²) >= 11 is 0. The Morgan fingerprint density at radius 3 is 2.47 bits per heavy atom. The van der Waals surface area contributed by atoms with Gasteiger partial charge in [-0.15, -0.1) is 0 Å². The molecule has 0 aromatic heterocycles. The molecule has 7 aliphatic rings. The van der Waals surface area contributed by atoms with Gasteiger partial charge in [0.15, 0.2) is 0 Å². The van der Waals surface area contributed by atoms with Crippen molar-refractivity contribution in [2.24, 2.45) is 58.2 Å². The Labute approximate surface area is 105 Å². The summed E-state index contributed by atoms with van der Waals surface area (Å²) in [6.07, 6.45) is 8.22. The highest BCUT2D eigenvalue weighted by Gasteiger charge is 2.83. The Hall–Kier alpha value is 0. The van der Waals surface area contributed by atoms with Crippen molar-refractivity contribution in [1.82, 2.24) is 0 Å². The maximum Gasteiger partial charge on any atom is -0.0173 e. The van der Waals surface area contributed by atoms with Gasteiger partial charge in [-0.2, -0.15) is 0 Å². The van der Waals surface area contributed by atoms with E-state index in [9.17, 15) is 0 Å². The summed E-state index contributed by atoms with van der Waals surface area (Å²) in [5.74, 6) is 9.45. The van der Waals surface area contributed by atoms with Crippen LogP contribution in [0.3, 0.4) is 0 Å². The Balaban J connectivity index is 1.70. The molecule has 0 radical (unpaired) electrons. The molecule has 7 aliphatic carbocycles. The fourth-order valence-corrected chi connectivity index (χ4v) is 9.52. The highest BCUT2D eigenvalue weighted by molar-refractivity contribution is 5.31. The predicted octanol–water partition coefficient (Wildman–Crippen LogP) is 3.96. The van der Waals surface area contributed by atoms with E-state index in [0.717, 1.165) is 16.7 Å². The summed E-state index contributed by atoms with van der Waals surface area (Å²) in [6.45, 7) is 5.32. The molecule has 0 heteroatoms. The summed E-state index contributed by atoms with van der Waals surface area (Å²) in [4.78, 5) is 0. The lowest BCUT2D eigenvalue weighted by atomic mass is 9.48. The molecule has 7 rings (SSSR count). The highest BCUT2D eigenvalue weighted by atomic mass is 14.9. The molecule has 0 saturated heterocycles. The van der Waals surface area contributed by atoms with Crippen LogP contribution >= 0.6 is 0 Å². The van der Waals surface area contributed by atoms with Crippen molar-refractivity contribution in [3.05, 3.63) is 0 Å². The summed E-state index contributed by atoms with van der Waals surface area (Å²) in [5, 5.41) is 0. The Morgan fingerprint density at radius 2 is 1.65 bits per heavy atom. The third kappa shape index (κ3) is 0.605. The first-order valence-electron chi connectivity index (χ1n) is 8.16. The lowest BCUT2D eigenvalue weighted by Gasteiger charge is -2.56. The van der Waals surface area contributed by atoms with Gasteiger partial charge in [0.1, 0.15) is 0 Å². The van der Waals surface area contributed by atoms with E-state index >= 15 is 0 Å². The Kier molecular flexibility index (Phi) is 1.13. The SMILES string of the molecule is CC1C2C3CC4CC3C3C5CC(CC1(C)C5)C432. The van der Waals surface area contributed by atoms with Crippen molar-refractivity contribution in [1.29, 1.82) is 0 Å². The summed E-state index contributed by atoms with van der Waals surface area (Å²) < 4.78 is 0. The molecule has 0 N–H and O–H groups in total. The van der Waals surface area contributed by atoms with E-state index in [0.29, 0.717) is 0 Å². The molecule has 10 atom stereocenters. The minimum absolute atomic E-state index is 0.756. The van der Waals surface area contributed by atoms with E-state index in [2.05, 4.69) is 13.8 Å². The number of hydrogen-bond donors (Lipinski definition) is 0. The molecule has 10 unspecified atom stereocenters. The number of hydrogen-bond acceptors (Lipinski definition) is 0. The standard InChI is InChI=1S/C17H24/c1-8-14-12-4-10-5-13(12)15-9-3-11(17(10,14)15)7-16(8,2)6-9/h8-15H,3-7H2,1-2H3. The van der Waals surface area contributed by atoms with E-state index in [-0.39, 0.29) is 0 Å². The van der Waals surface area contributed by atoms with Crippen LogP contribution in [-0.2, 0) is 0 Å². The van der Waals surface area contributed by atoms with Crippen molar-refractivity contribution in [2.45, 2.75) is 46.0 Å². The van der Waals surface area contributed by atoms with Crippen LogP contribution in [0.2, 0.25) is 0 Å². The van der Waals surface area contributed by atoms with Gasteiger partial charge in [-0.05, 0) is 90.3 Å². The topological polar surface area (TPSA) is 0 Å². The van der Waals surface area contributed by atoms with Crippen LogP contribution in [0.25, 0.3) is 0 Å². The third-order valence-electron chi connectivity index (χ3n) is 9.33. The van der Waals surface area contributed by atoms with Crippen molar-refractivity contribution >= 4 is 0 Å². The lowest BCUT2D eigenvalue weighted by molar-refractivity contribution is -0.0816. The van der Waals surface area contributed by atoms with Gasteiger partial charge < -0.3 is 0 Å². The fraction of sp³-hybridized carbons (Fsp3) is 1.00. The molecule has 0 nitrogen and oxygen atoms in total. The first kappa shape index (κ1) is 8.99. The Morgan fingerprint density at radius 1 is 0.882 bits per heavy atom. The minimum Gasteiger partial charge on any atom is -0.0617 e. The van der Waals surface area contributed by atoms with Crippen LogP contribution < -0.4 is 0 Å². The molecule has 1 spiro atoms. The molecular formula is C17H24. The first-order chi connectivity index (χ1) is 8.16. The highest BCUT2D eigenvalue weighted by Crippen LogP contribution is 2.89. The molecule has 0 aliphatic heterocycles. The predicted molar refractivity (Wildman–Crippen MR) is 67.2 cm³/mol. The van der Waals surface area contributed by atoms with E-state index in [1.807, 2.05) is 0 Å². The fourth-order valence-electron chi connectivity index (χ4n) is 9.52. The third-order valence-corrected chi connectivity index (χ3v) is 9.33. The van der Waals surface area contributed by atoms with Crippen molar-refractivity contribution in [2.75, 3.05) is 0 Å². The zero-order valence-corrected chi connectivity index (χ0v) is 11.2. The first-order valence-corrected chi connectivity index (χ1v) is 8.16. The van der Waals surface area contributed by atoms with Gasteiger partial charge in [-0.3, -0.25) is 0 Å². The summed E-state index contributed by atoms with van der Waals surface area (Å²) in [6, 6.07) is 0. The second-order valence-electron chi connectivity index (χ2n) is 9.09. The van der Waals surface area contributed by atoms with E-state index < -0.39 is 0 Å². The average molecular weight is 228 g/mol. The summed E-state index contributed by atoms with van der Waals surface area (Å²) in [5.41, 5.74) is 1.68. The number of fused-ring (bicyclic) bond motifs is 2.